The van der Waals surface area contributed by atoms with Gasteiger partial charge in [-0.2, -0.15) is 0 Å². The lowest BCUT2D eigenvalue weighted by Crippen LogP contribution is -2.39. The van der Waals surface area contributed by atoms with E-state index in [2.05, 4.69) is 22.6 Å². The summed E-state index contributed by atoms with van der Waals surface area (Å²) in [5.41, 5.74) is 4.99. The number of aromatic hydroxyl groups is 1. The van der Waals surface area contributed by atoms with E-state index >= 15 is 0 Å². The van der Waals surface area contributed by atoms with Crippen molar-refractivity contribution < 1.29 is 29.6 Å². The van der Waals surface area contributed by atoms with Gasteiger partial charge in [0, 0.05) is 5.92 Å². The minimum absolute atomic E-state index is 0.0269. The van der Waals surface area contributed by atoms with Crippen molar-refractivity contribution in [2.45, 2.75) is 39.2 Å². The molecule has 0 aromatic heterocycles. The van der Waals surface area contributed by atoms with Crippen LogP contribution in [0.1, 0.15) is 44.2 Å². The van der Waals surface area contributed by atoms with Crippen LogP contribution in [-0.4, -0.2) is 47.0 Å². The third-order valence-corrected chi connectivity index (χ3v) is 9.65. The van der Waals surface area contributed by atoms with Gasteiger partial charge in [-0.15, -0.1) is 0 Å². The number of anilines is 1. The maximum atomic E-state index is 13.8. The summed E-state index contributed by atoms with van der Waals surface area (Å²) in [6.45, 7) is 3.73. The lowest BCUT2D eigenvalue weighted by molar-refractivity contribution is -0.123. The smallest absolute Gasteiger partial charge is 0.238 e. The number of rotatable bonds is 10. The van der Waals surface area contributed by atoms with Crippen molar-refractivity contribution in [1.82, 2.24) is 0 Å². The highest BCUT2D eigenvalue weighted by Crippen LogP contribution is 2.49. The number of hydrogen-bond acceptors (Lipinski definition) is 6. The number of para-hydroxylation sites is 1. The summed E-state index contributed by atoms with van der Waals surface area (Å²) in [5.74, 6) is -2.02. The largest absolute Gasteiger partial charge is 0.504 e. The summed E-state index contributed by atoms with van der Waals surface area (Å²) < 4.78 is 6.03. The molecule has 4 atom stereocenters. The Balaban J connectivity index is 1.47. The van der Waals surface area contributed by atoms with Gasteiger partial charge in [-0.05, 0) is 94.3 Å². The molecule has 2 aliphatic rings. The summed E-state index contributed by atoms with van der Waals surface area (Å²) >= 11 is 2.07. The molecule has 1 heterocycles. The Morgan fingerprint density at radius 1 is 1.05 bits per heavy atom. The maximum Gasteiger partial charge on any atom is 0.238 e. The number of phenolic OH excluding ortho intramolecular Hbond substituents is 1. The topological polar surface area (TPSA) is 107 Å². The summed E-state index contributed by atoms with van der Waals surface area (Å²) in [6.07, 6.45) is 2.36. The molecule has 5 rings (SSSR count). The normalized spacial score (nSPS) is 21.2. The number of imide groups is 1. The van der Waals surface area contributed by atoms with E-state index in [4.69, 9.17) is 4.74 Å². The van der Waals surface area contributed by atoms with E-state index in [1.54, 1.807) is 30.3 Å². The van der Waals surface area contributed by atoms with Gasteiger partial charge in [-0.25, -0.2) is 0 Å². The van der Waals surface area contributed by atoms with Crippen LogP contribution < -0.4 is 9.64 Å². The van der Waals surface area contributed by atoms with Gasteiger partial charge in [0.2, 0.25) is 11.8 Å². The van der Waals surface area contributed by atoms with E-state index in [9.17, 15) is 24.9 Å². The molecule has 8 heteroatoms. The molecule has 3 aromatic carbocycles. The molecule has 1 fully saturated rings. The van der Waals surface area contributed by atoms with E-state index in [0.29, 0.717) is 39.8 Å². The quantitative estimate of drug-likeness (QED) is 0.0968. The van der Waals surface area contributed by atoms with Gasteiger partial charge >= 0.3 is 0 Å². The number of methoxy groups -OCH3 is 1. The zero-order valence-electron chi connectivity index (χ0n) is 25.1. The van der Waals surface area contributed by atoms with Crippen molar-refractivity contribution in [3.05, 3.63) is 98.6 Å². The number of aliphatic hydroxyl groups is 2. The first-order valence-corrected chi connectivity index (χ1v) is 16.0. The van der Waals surface area contributed by atoms with Crippen molar-refractivity contribution in [3.63, 3.8) is 0 Å². The number of amides is 2. The molecule has 0 radical (unpaired) electrons. The number of carbonyl (C=O) groups is 2. The van der Waals surface area contributed by atoms with Gasteiger partial charge in [0.15, 0.2) is 11.5 Å². The third kappa shape index (κ3) is 6.20. The molecule has 0 spiro atoms. The molecule has 7 nitrogen and oxygen atoms in total. The highest BCUT2D eigenvalue weighted by Gasteiger charge is 2.55. The van der Waals surface area contributed by atoms with E-state index in [1.807, 2.05) is 62.4 Å². The second-order valence-corrected chi connectivity index (χ2v) is 12.9. The Labute approximate surface area is 272 Å². The van der Waals surface area contributed by atoms with Gasteiger partial charge in [0.05, 0.1) is 40.9 Å². The zero-order chi connectivity index (χ0) is 31.5. The fraction of sp³-hybridized carbons (Fsp3) is 0.333. The highest BCUT2D eigenvalue weighted by atomic mass is 127. The fourth-order valence-electron chi connectivity index (χ4n) is 6.71. The Morgan fingerprint density at radius 2 is 1.70 bits per heavy atom. The van der Waals surface area contributed by atoms with Crippen LogP contribution in [0.5, 0.6) is 11.5 Å². The van der Waals surface area contributed by atoms with Crippen molar-refractivity contribution in [2.24, 2.45) is 23.7 Å². The van der Waals surface area contributed by atoms with Gasteiger partial charge < -0.3 is 20.1 Å². The van der Waals surface area contributed by atoms with Crippen LogP contribution in [0.3, 0.4) is 0 Å². The standard InChI is InChI=1S/C36H38INO6/c1-21(2)26-19-27-33(36(43)38(35(27)42)25-12-8-5-9-13-25)28(20-39)32(26)30(40)15-14-24(23-10-6-4-7-11-23)16-22-17-29(37)34(41)31(18-22)44-3/h4-13,16-18,21,27-28,30,33,39-41H,14-15,19-20H2,1-3H3/b24-16-/t27-,28+,30-,33-/m1/s1. The zero-order valence-corrected chi connectivity index (χ0v) is 27.3. The second kappa shape index (κ2) is 13.7. The van der Waals surface area contributed by atoms with E-state index in [-0.39, 0.29) is 30.1 Å². The fourth-order valence-corrected chi connectivity index (χ4v) is 7.34. The average Bonchev–Trinajstić information content (AvgIpc) is 3.29. The van der Waals surface area contributed by atoms with Crippen LogP contribution in [0.15, 0.2) is 83.9 Å². The summed E-state index contributed by atoms with van der Waals surface area (Å²) in [6, 6.07) is 22.5. The number of carbonyl (C=O) groups excluding carboxylic acids is 2. The Morgan fingerprint density at radius 3 is 2.32 bits per heavy atom. The second-order valence-electron chi connectivity index (χ2n) is 11.8. The molecule has 44 heavy (non-hydrogen) atoms. The highest BCUT2D eigenvalue weighted by molar-refractivity contribution is 14.1. The lowest BCUT2D eigenvalue weighted by atomic mass is 9.66. The summed E-state index contributed by atoms with van der Waals surface area (Å²) in [4.78, 5) is 28.6. The maximum absolute atomic E-state index is 13.8. The number of nitrogens with zero attached hydrogens (tertiary/aromatic N) is 1. The van der Waals surface area contributed by atoms with E-state index in [1.165, 1.54) is 12.0 Å². The molecule has 0 saturated carbocycles. The molecule has 0 bridgehead atoms. The first kappa shape index (κ1) is 31.9. The molecule has 3 aromatic rings. The van der Waals surface area contributed by atoms with E-state index in [0.717, 1.165) is 22.3 Å². The number of halogens is 1. The van der Waals surface area contributed by atoms with Gasteiger partial charge in [0.1, 0.15) is 0 Å². The number of allylic oxidation sites excluding steroid dienone is 2. The molecule has 2 amide bonds. The van der Waals surface area contributed by atoms with E-state index < -0.39 is 23.9 Å². The predicted octanol–water partition coefficient (Wildman–Crippen LogP) is 6.46. The monoisotopic (exact) mass is 707 g/mol. The summed E-state index contributed by atoms with van der Waals surface area (Å²) in [7, 11) is 1.52. The first-order chi connectivity index (χ1) is 21.2. The van der Waals surface area contributed by atoms with Crippen LogP contribution in [0.2, 0.25) is 0 Å². The minimum Gasteiger partial charge on any atom is -0.504 e. The average molecular weight is 708 g/mol. The Hall–Kier alpha value is -3.47. The molecular formula is C36H38INO6. The number of ether oxygens (including phenoxy) is 1. The SMILES string of the molecule is COc1cc(/C=C(/CC[C@@H](O)C2=C(C(C)C)C[C@H]3C(=O)N(c4ccccc4)C(=O)[C@H]3[C@H]2CO)c2ccccc2)cc(I)c1O. The number of benzene rings is 3. The third-order valence-electron chi connectivity index (χ3n) is 8.83. The lowest BCUT2D eigenvalue weighted by Gasteiger charge is -2.38. The van der Waals surface area contributed by atoms with Crippen molar-refractivity contribution in [3.8, 4) is 11.5 Å². The van der Waals surface area contributed by atoms with Crippen LogP contribution in [-0.2, 0) is 9.59 Å². The number of phenols is 1. The van der Waals surface area contributed by atoms with Gasteiger partial charge in [-0.3, -0.25) is 14.5 Å². The molecule has 1 aliphatic heterocycles. The van der Waals surface area contributed by atoms with Gasteiger partial charge in [0.25, 0.3) is 0 Å². The molecule has 3 N–H and O–H groups in total. The first-order valence-electron chi connectivity index (χ1n) is 14.9. The number of aliphatic hydroxyl groups excluding tert-OH is 2. The van der Waals surface area contributed by atoms with Crippen LogP contribution in [0.4, 0.5) is 5.69 Å². The number of fused-ring (bicyclic) bond motifs is 1. The molecule has 1 saturated heterocycles. The Kier molecular flexibility index (Phi) is 9.92. The predicted molar refractivity (Wildman–Crippen MR) is 180 cm³/mol. The van der Waals surface area contributed by atoms with Gasteiger partial charge in [-0.1, -0.05) is 74.0 Å². The van der Waals surface area contributed by atoms with Crippen LogP contribution >= 0.6 is 22.6 Å². The van der Waals surface area contributed by atoms with Crippen LogP contribution in [0.25, 0.3) is 11.6 Å². The van der Waals surface area contributed by atoms with Crippen LogP contribution in [0, 0.1) is 27.2 Å². The van der Waals surface area contributed by atoms with Crippen molar-refractivity contribution in [1.29, 1.82) is 0 Å². The molecular weight excluding hydrogens is 669 g/mol. The molecule has 230 valence electrons. The minimum atomic E-state index is -0.916. The van der Waals surface area contributed by atoms with Crippen molar-refractivity contribution >= 4 is 51.7 Å². The number of hydrogen-bond donors (Lipinski definition) is 3. The summed E-state index contributed by atoms with van der Waals surface area (Å²) in [5, 5.41) is 32.8. The van der Waals surface area contributed by atoms with Crippen molar-refractivity contribution in [2.75, 3.05) is 18.6 Å². The Bertz CT molecular complexity index is 1580. The molecule has 0 unspecified atom stereocenters. The molecule has 1 aliphatic carbocycles.